The maximum atomic E-state index is 13.1. The molecule has 0 fully saturated rings. The number of hydrogen-bond acceptors (Lipinski definition) is 2. The van der Waals surface area contributed by atoms with Crippen LogP contribution in [0.2, 0.25) is 0 Å². The number of nitrogens with zero attached hydrogens (tertiary/aromatic N) is 2. The molecule has 3 rings (SSSR count). The molecule has 0 saturated heterocycles. The highest BCUT2D eigenvalue weighted by Crippen LogP contribution is 2.11. The van der Waals surface area contributed by atoms with Gasteiger partial charge in [-0.25, -0.2) is 4.39 Å². The van der Waals surface area contributed by atoms with Crippen LogP contribution >= 0.6 is 0 Å². The van der Waals surface area contributed by atoms with E-state index in [9.17, 15) is 4.39 Å². The van der Waals surface area contributed by atoms with Crippen molar-refractivity contribution in [1.82, 2.24) is 9.78 Å². The van der Waals surface area contributed by atoms with Crippen molar-refractivity contribution < 1.29 is 4.39 Å². The monoisotopic (exact) mass is 281 g/mol. The van der Waals surface area contributed by atoms with Gasteiger partial charge in [-0.1, -0.05) is 36.4 Å². The number of aromatic nitrogens is 2. The summed E-state index contributed by atoms with van der Waals surface area (Å²) in [5, 5.41) is 7.53. The molecule has 0 atom stereocenters. The van der Waals surface area contributed by atoms with Crippen molar-refractivity contribution >= 4 is 5.69 Å². The molecule has 4 heteroatoms. The van der Waals surface area contributed by atoms with Gasteiger partial charge in [-0.2, -0.15) is 5.10 Å². The quantitative estimate of drug-likeness (QED) is 0.773. The van der Waals surface area contributed by atoms with Gasteiger partial charge in [-0.15, -0.1) is 0 Å². The molecule has 0 saturated carbocycles. The van der Waals surface area contributed by atoms with E-state index in [0.717, 1.165) is 17.8 Å². The Balaban J connectivity index is 1.60. The predicted molar refractivity (Wildman–Crippen MR) is 81.5 cm³/mol. The Morgan fingerprint density at radius 2 is 1.86 bits per heavy atom. The van der Waals surface area contributed by atoms with E-state index in [4.69, 9.17) is 0 Å². The Labute approximate surface area is 123 Å². The van der Waals surface area contributed by atoms with Crippen molar-refractivity contribution in [3.63, 3.8) is 0 Å². The smallest absolute Gasteiger partial charge is 0.125 e. The van der Waals surface area contributed by atoms with E-state index in [2.05, 4.69) is 22.5 Å². The minimum Gasteiger partial charge on any atom is -0.381 e. The molecule has 0 unspecified atom stereocenters. The molecule has 0 aliphatic rings. The zero-order valence-electron chi connectivity index (χ0n) is 11.5. The van der Waals surface area contributed by atoms with Gasteiger partial charge in [-0.05, 0) is 23.8 Å². The Kier molecular flexibility index (Phi) is 3.96. The standard InChI is InChI=1S/C17H16FN3/c18-16-7-4-8-17(9-16)19-10-15-11-20-21(13-15)12-14-5-2-1-3-6-14/h1-9,11,13,19H,10,12H2. The zero-order chi connectivity index (χ0) is 14.5. The van der Waals surface area contributed by atoms with E-state index in [1.807, 2.05) is 41.3 Å². The lowest BCUT2D eigenvalue weighted by Crippen LogP contribution is -2.00. The third-order valence-corrected chi connectivity index (χ3v) is 3.20. The third kappa shape index (κ3) is 3.69. The average molecular weight is 281 g/mol. The van der Waals surface area contributed by atoms with E-state index in [-0.39, 0.29) is 5.82 Å². The molecule has 2 aromatic carbocycles. The lowest BCUT2D eigenvalue weighted by molar-refractivity contribution is 0.628. The highest BCUT2D eigenvalue weighted by atomic mass is 19.1. The number of benzene rings is 2. The van der Waals surface area contributed by atoms with Crippen molar-refractivity contribution in [2.24, 2.45) is 0 Å². The van der Waals surface area contributed by atoms with E-state index in [0.29, 0.717) is 6.54 Å². The van der Waals surface area contributed by atoms with Crippen molar-refractivity contribution in [2.45, 2.75) is 13.1 Å². The minimum absolute atomic E-state index is 0.236. The lowest BCUT2D eigenvalue weighted by atomic mass is 10.2. The Morgan fingerprint density at radius 1 is 1.00 bits per heavy atom. The average Bonchev–Trinajstić information content (AvgIpc) is 2.94. The summed E-state index contributed by atoms with van der Waals surface area (Å²) < 4.78 is 15.0. The van der Waals surface area contributed by atoms with Gasteiger partial charge < -0.3 is 5.32 Å². The van der Waals surface area contributed by atoms with Gasteiger partial charge >= 0.3 is 0 Å². The number of halogens is 1. The van der Waals surface area contributed by atoms with Crippen LogP contribution in [-0.4, -0.2) is 9.78 Å². The van der Waals surface area contributed by atoms with E-state index in [1.165, 1.54) is 17.7 Å². The van der Waals surface area contributed by atoms with Crippen molar-refractivity contribution in [3.8, 4) is 0 Å². The van der Waals surface area contributed by atoms with Crippen LogP contribution in [-0.2, 0) is 13.1 Å². The van der Waals surface area contributed by atoms with Crippen LogP contribution in [0.3, 0.4) is 0 Å². The number of nitrogens with one attached hydrogen (secondary N) is 1. The fourth-order valence-corrected chi connectivity index (χ4v) is 2.16. The third-order valence-electron chi connectivity index (χ3n) is 3.20. The van der Waals surface area contributed by atoms with Crippen molar-refractivity contribution in [3.05, 3.63) is 83.9 Å². The molecule has 0 aliphatic carbocycles. The predicted octanol–water partition coefficient (Wildman–Crippen LogP) is 3.68. The van der Waals surface area contributed by atoms with Gasteiger partial charge in [0.15, 0.2) is 0 Å². The van der Waals surface area contributed by atoms with Gasteiger partial charge in [0.05, 0.1) is 12.7 Å². The van der Waals surface area contributed by atoms with Crippen LogP contribution in [0.4, 0.5) is 10.1 Å². The lowest BCUT2D eigenvalue weighted by Gasteiger charge is -2.04. The molecule has 3 nitrogen and oxygen atoms in total. The van der Waals surface area contributed by atoms with Crippen LogP contribution in [0.1, 0.15) is 11.1 Å². The van der Waals surface area contributed by atoms with Crippen LogP contribution in [0.25, 0.3) is 0 Å². The fourth-order valence-electron chi connectivity index (χ4n) is 2.16. The summed E-state index contributed by atoms with van der Waals surface area (Å²) >= 11 is 0. The summed E-state index contributed by atoms with van der Waals surface area (Å²) in [6.45, 7) is 1.37. The maximum Gasteiger partial charge on any atom is 0.125 e. The molecule has 0 radical (unpaired) electrons. The van der Waals surface area contributed by atoms with Crippen LogP contribution in [0.5, 0.6) is 0 Å². The van der Waals surface area contributed by atoms with E-state index < -0.39 is 0 Å². The highest BCUT2D eigenvalue weighted by molar-refractivity contribution is 5.43. The largest absolute Gasteiger partial charge is 0.381 e. The highest BCUT2D eigenvalue weighted by Gasteiger charge is 2.00. The van der Waals surface area contributed by atoms with Crippen molar-refractivity contribution in [1.29, 1.82) is 0 Å². The summed E-state index contributed by atoms with van der Waals surface area (Å²) in [5.74, 6) is -0.236. The van der Waals surface area contributed by atoms with Gasteiger partial charge in [-0.3, -0.25) is 4.68 Å². The summed E-state index contributed by atoms with van der Waals surface area (Å²) in [6, 6.07) is 16.6. The Morgan fingerprint density at radius 3 is 2.67 bits per heavy atom. The number of hydrogen-bond donors (Lipinski definition) is 1. The molecule has 1 N–H and O–H groups in total. The first-order valence-corrected chi connectivity index (χ1v) is 6.84. The molecule has 1 heterocycles. The van der Waals surface area contributed by atoms with Gasteiger partial charge in [0, 0.05) is 24.0 Å². The summed E-state index contributed by atoms with van der Waals surface area (Å²) in [4.78, 5) is 0. The molecule has 0 aliphatic heterocycles. The topological polar surface area (TPSA) is 29.9 Å². The number of rotatable bonds is 5. The zero-order valence-corrected chi connectivity index (χ0v) is 11.5. The van der Waals surface area contributed by atoms with Crippen molar-refractivity contribution in [2.75, 3.05) is 5.32 Å². The first-order valence-electron chi connectivity index (χ1n) is 6.84. The molecular weight excluding hydrogens is 265 g/mol. The molecule has 1 aromatic heterocycles. The maximum absolute atomic E-state index is 13.1. The molecule has 0 amide bonds. The summed E-state index contributed by atoms with van der Waals surface area (Å²) in [5.41, 5.74) is 3.05. The number of anilines is 1. The molecule has 21 heavy (non-hydrogen) atoms. The fraction of sp³-hybridized carbons (Fsp3) is 0.118. The summed E-state index contributed by atoms with van der Waals surface area (Å²) in [7, 11) is 0. The Hall–Kier alpha value is -2.62. The van der Waals surface area contributed by atoms with E-state index in [1.54, 1.807) is 6.07 Å². The van der Waals surface area contributed by atoms with Crippen LogP contribution in [0, 0.1) is 5.82 Å². The van der Waals surface area contributed by atoms with Crippen LogP contribution < -0.4 is 5.32 Å². The Bertz CT molecular complexity index is 707. The molecular formula is C17H16FN3. The first kappa shape index (κ1) is 13.4. The molecule has 0 bridgehead atoms. The van der Waals surface area contributed by atoms with E-state index >= 15 is 0 Å². The second-order valence-electron chi connectivity index (χ2n) is 4.90. The van der Waals surface area contributed by atoms with Gasteiger partial charge in [0.2, 0.25) is 0 Å². The first-order chi connectivity index (χ1) is 10.3. The summed E-state index contributed by atoms with van der Waals surface area (Å²) in [6.07, 6.45) is 3.83. The molecule has 106 valence electrons. The SMILES string of the molecule is Fc1cccc(NCc2cnn(Cc3ccccc3)c2)c1. The minimum atomic E-state index is -0.236. The second-order valence-corrected chi connectivity index (χ2v) is 4.90. The second kappa shape index (κ2) is 6.22. The molecule has 0 spiro atoms. The molecule has 3 aromatic rings. The van der Waals surface area contributed by atoms with Gasteiger partial charge in [0.25, 0.3) is 0 Å². The van der Waals surface area contributed by atoms with Gasteiger partial charge in [0.1, 0.15) is 5.82 Å². The van der Waals surface area contributed by atoms with Crippen LogP contribution in [0.15, 0.2) is 67.0 Å². The normalized spacial score (nSPS) is 10.5.